The molecule has 23 heavy (non-hydrogen) atoms. The van der Waals surface area contributed by atoms with Crippen molar-refractivity contribution >= 4 is 11.6 Å². The number of carbonyl (C=O) groups excluding carboxylic acids is 2. The van der Waals surface area contributed by atoms with E-state index < -0.39 is 0 Å². The van der Waals surface area contributed by atoms with Gasteiger partial charge in [0, 0.05) is 22.7 Å². The van der Waals surface area contributed by atoms with Gasteiger partial charge in [0.05, 0.1) is 0 Å². The van der Waals surface area contributed by atoms with Crippen LogP contribution in [0.1, 0.15) is 73.6 Å². The molecule has 0 N–H and O–H groups in total. The molecule has 4 aliphatic carbocycles. The summed E-state index contributed by atoms with van der Waals surface area (Å²) in [5, 5.41) is 0. The number of fused-ring (bicyclic) bond motifs is 4. The van der Waals surface area contributed by atoms with Gasteiger partial charge in [-0.1, -0.05) is 41.5 Å². The first-order valence-electron chi connectivity index (χ1n) is 9.57. The van der Waals surface area contributed by atoms with Crippen LogP contribution in [0.5, 0.6) is 0 Å². The van der Waals surface area contributed by atoms with E-state index in [1.807, 2.05) is 0 Å². The van der Waals surface area contributed by atoms with Crippen molar-refractivity contribution < 1.29 is 9.59 Å². The van der Waals surface area contributed by atoms with Crippen LogP contribution in [0.3, 0.4) is 0 Å². The topological polar surface area (TPSA) is 34.1 Å². The van der Waals surface area contributed by atoms with Gasteiger partial charge < -0.3 is 0 Å². The van der Waals surface area contributed by atoms with Crippen molar-refractivity contribution in [1.82, 2.24) is 0 Å². The zero-order chi connectivity index (χ0) is 17.0. The molecule has 0 radical (unpaired) electrons. The Balaban J connectivity index is 1.64. The molecule has 6 unspecified atom stereocenters. The first kappa shape index (κ1) is 15.8. The molecule has 4 bridgehead atoms. The number of Topliss-reactive ketones (excluding diaryl/α,β-unsaturated/α-hetero) is 2. The standard InChI is InChI=1S/C21H32O2/c1-18(2)14-7-9-20(18,5)16(22)12(14)11-13-15-8-10-21(6,17(13)23)19(15,3)4/h12-15H,7-11H2,1-6H3. The second-order valence-corrected chi connectivity index (χ2v) is 10.6. The van der Waals surface area contributed by atoms with Crippen LogP contribution in [0.15, 0.2) is 0 Å². The molecular weight excluding hydrogens is 284 g/mol. The van der Waals surface area contributed by atoms with Crippen molar-refractivity contribution in [2.24, 2.45) is 45.3 Å². The third-order valence-corrected chi connectivity index (χ3v) is 9.85. The smallest absolute Gasteiger partial charge is 0.142 e. The molecule has 4 fully saturated rings. The normalized spacial score (nSPS) is 52.6. The highest BCUT2D eigenvalue weighted by Crippen LogP contribution is 2.70. The number of ketones is 2. The van der Waals surface area contributed by atoms with E-state index in [4.69, 9.17) is 0 Å². The van der Waals surface area contributed by atoms with E-state index >= 15 is 0 Å². The summed E-state index contributed by atoms with van der Waals surface area (Å²) < 4.78 is 0. The lowest BCUT2D eigenvalue weighted by molar-refractivity contribution is -0.134. The van der Waals surface area contributed by atoms with Crippen LogP contribution in [0.2, 0.25) is 0 Å². The van der Waals surface area contributed by atoms with E-state index in [2.05, 4.69) is 41.5 Å². The van der Waals surface area contributed by atoms with Crippen LogP contribution in [0.25, 0.3) is 0 Å². The summed E-state index contributed by atoms with van der Waals surface area (Å²) >= 11 is 0. The molecule has 0 aliphatic heterocycles. The summed E-state index contributed by atoms with van der Waals surface area (Å²) in [6.07, 6.45) is 5.28. The average Bonchev–Trinajstić information content (AvgIpc) is 2.93. The Hall–Kier alpha value is -0.660. The van der Waals surface area contributed by atoms with E-state index in [0.29, 0.717) is 23.4 Å². The maximum absolute atomic E-state index is 13.1. The Labute approximate surface area is 140 Å². The quantitative estimate of drug-likeness (QED) is 0.742. The fourth-order valence-electron chi connectivity index (χ4n) is 7.36. The van der Waals surface area contributed by atoms with Crippen LogP contribution < -0.4 is 0 Å². The lowest BCUT2D eigenvalue weighted by Crippen LogP contribution is -2.36. The third kappa shape index (κ3) is 1.48. The van der Waals surface area contributed by atoms with E-state index in [-0.39, 0.29) is 33.5 Å². The van der Waals surface area contributed by atoms with Gasteiger partial charge in [-0.2, -0.15) is 0 Å². The van der Waals surface area contributed by atoms with Gasteiger partial charge in [0.2, 0.25) is 0 Å². The maximum atomic E-state index is 13.1. The minimum Gasteiger partial charge on any atom is -0.299 e. The Morgan fingerprint density at radius 1 is 0.739 bits per heavy atom. The monoisotopic (exact) mass is 316 g/mol. The van der Waals surface area contributed by atoms with E-state index in [0.717, 1.165) is 19.3 Å². The Morgan fingerprint density at radius 3 is 1.35 bits per heavy atom. The van der Waals surface area contributed by atoms with Gasteiger partial charge in [0.1, 0.15) is 11.6 Å². The van der Waals surface area contributed by atoms with Gasteiger partial charge >= 0.3 is 0 Å². The predicted octanol–water partition coefficient (Wildman–Crippen LogP) is 4.66. The predicted molar refractivity (Wildman–Crippen MR) is 90.8 cm³/mol. The van der Waals surface area contributed by atoms with E-state index in [1.165, 1.54) is 12.8 Å². The lowest BCUT2D eigenvalue weighted by Gasteiger charge is -2.32. The molecule has 0 aromatic carbocycles. The van der Waals surface area contributed by atoms with Crippen molar-refractivity contribution in [1.29, 1.82) is 0 Å². The summed E-state index contributed by atoms with van der Waals surface area (Å²) in [4.78, 5) is 26.3. The highest BCUT2D eigenvalue weighted by Gasteiger charge is 2.70. The molecule has 6 atom stereocenters. The van der Waals surface area contributed by atoms with Gasteiger partial charge in [0.15, 0.2) is 0 Å². The number of hydrogen-bond donors (Lipinski definition) is 0. The maximum Gasteiger partial charge on any atom is 0.142 e. The molecule has 4 rings (SSSR count). The largest absolute Gasteiger partial charge is 0.299 e. The molecule has 0 aromatic rings. The number of hydrogen-bond acceptors (Lipinski definition) is 2. The van der Waals surface area contributed by atoms with Gasteiger partial charge in [-0.3, -0.25) is 9.59 Å². The van der Waals surface area contributed by atoms with Crippen molar-refractivity contribution in [3.63, 3.8) is 0 Å². The van der Waals surface area contributed by atoms with E-state index in [1.54, 1.807) is 0 Å². The van der Waals surface area contributed by atoms with Crippen molar-refractivity contribution in [2.75, 3.05) is 0 Å². The molecule has 2 nitrogen and oxygen atoms in total. The fraction of sp³-hybridized carbons (Fsp3) is 0.905. The molecular formula is C21H32O2. The van der Waals surface area contributed by atoms with Crippen molar-refractivity contribution in [2.45, 2.75) is 73.6 Å². The highest BCUT2D eigenvalue weighted by atomic mass is 16.1. The second kappa shape index (κ2) is 4.11. The molecule has 4 saturated carbocycles. The number of carbonyl (C=O) groups is 2. The highest BCUT2D eigenvalue weighted by molar-refractivity contribution is 5.94. The Bertz CT molecular complexity index is 549. The summed E-state index contributed by atoms with van der Waals surface area (Å²) in [6, 6.07) is 0. The van der Waals surface area contributed by atoms with Crippen molar-refractivity contribution in [3.8, 4) is 0 Å². The van der Waals surface area contributed by atoms with Crippen LogP contribution in [0, 0.1) is 45.3 Å². The molecule has 4 aliphatic rings. The summed E-state index contributed by atoms with van der Waals surface area (Å²) in [5.74, 6) is 2.19. The van der Waals surface area contributed by atoms with Crippen LogP contribution in [-0.2, 0) is 9.59 Å². The molecule has 2 heteroatoms. The van der Waals surface area contributed by atoms with E-state index in [9.17, 15) is 9.59 Å². The van der Waals surface area contributed by atoms with Gasteiger partial charge in [-0.15, -0.1) is 0 Å². The molecule has 0 aromatic heterocycles. The summed E-state index contributed by atoms with van der Waals surface area (Å²) in [7, 11) is 0. The Morgan fingerprint density at radius 2 is 1.09 bits per heavy atom. The SMILES string of the molecule is CC12CCC(C(CC3C(=O)C4(C)CCC3C4(C)C)C1=O)C2(C)C. The van der Waals surface area contributed by atoms with Crippen LogP contribution in [-0.4, -0.2) is 11.6 Å². The van der Waals surface area contributed by atoms with Crippen molar-refractivity contribution in [3.05, 3.63) is 0 Å². The molecule has 0 spiro atoms. The summed E-state index contributed by atoms with van der Waals surface area (Å²) in [6.45, 7) is 13.5. The third-order valence-electron chi connectivity index (χ3n) is 9.85. The second-order valence-electron chi connectivity index (χ2n) is 10.6. The summed E-state index contributed by atoms with van der Waals surface area (Å²) in [5.41, 5.74) is -0.0888. The van der Waals surface area contributed by atoms with Gasteiger partial charge in [0.25, 0.3) is 0 Å². The van der Waals surface area contributed by atoms with Crippen LogP contribution in [0.4, 0.5) is 0 Å². The first-order chi connectivity index (χ1) is 10.5. The molecule has 0 heterocycles. The minimum atomic E-state index is -0.150. The van der Waals surface area contributed by atoms with Gasteiger partial charge in [-0.25, -0.2) is 0 Å². The number of rotatable bonds is 2. The molecule has 0 saturated heterocycles. The van der Waals surface area contributed by atoms with Crippen LogP contribution >= 0.6 is 0 Å². The zero-order valence-corrected chi connectivity index (χ0v) is 15.7. The minimum absolute atomic E-state index is 0.106. The zero-order valence-electron chi connectivity index (χ0n) is 15.7. The lowest BCUT2D eigenvalue weighted by atomic mass is 9.70. The molecule has 128 valence electrons. The van der Waals surface area contributed by atoms with Gasteiger partial charge in [-0.05, 0) is 54.8 Å². The molecule has 0 amide bonds. The Kier molecular flexibility index (Phi) is 2.83. The first-order valence-corrected chi connectivity index (χ1v) is 9.57. The fourth-order valence-corrected chi connectivity index (χ4v) is 7.36. The average molecular weight is 316 g/mol.